The number of para-hydroxylation sites is 1. The van der Waals surface area contributed by atoms with Crippen LogP contribution in [0.5, 0.6) is 0 Å². The van der Waals surface area contributed by atoms with Crippen molar-refractivity contribution in [2.75, 3.05) is 10.6 Å². The van der Waals surface area contributed by atoms with Crippen molar-refractivity contribution in [1.82, 2.24) is 0 Å². The van der Waals surface area contributed by atoms with E-state index in [2.05, 4.69) is 42.7 Å². The van der Waals surface area contributed by atoms with Crippen LogP contribution in [0.1, 0.15) is 26.3 Å². The van der Waals surface area contributed by atoms with E-state index < -0.39 is 0 Å². The second-order valence-corrected chi connectivity index (χ2v) is 3.01. The molecule has 0 fully saturated rings. The van der Waals surface area contributed by atoms with Crippen molar-refractivity contribution in [3.8, 4) is 0 Å². The van der Waals surface area contributed by atoms with Gasteiger partial charge in [-0.25, -0.2) is 0 Å². The third-order valence-corrected chi connectivity index (χ3v) is 2.01. The Hall–Kier alpha value is -1.18. The highest BCUT2D eigenvalue weighted by molar-refractivity contribution is 5.77. The zero-order chi connectivity index (χ0) is 9.84. The molecule has 1 atom stereocenters. The molecule has 0 aliphatic carbocycles. The third kappa shape index (κ3) is 1.94. The Balaban J connectivity index is 0.000000396. The Morgan fingerprint density at radius 2 is 1.85 bits per heavy atom. The summed E-state index contributed by atoms with van der Waals surface area (Å²) in [5.41, 5.74) is 3.77. The van der Waals surface area contributed by atoms with Crippen LogP contribution in [0.2, 0.25) is 0 Å². The fraction of sp³-hybridized carbons (Fsp3) is 0.455. The molecule has 2 heteroatoms. The average Bonchev–Trinajstić information content (AvgIpc) is 2.51. The Kier molecular flexibility index (Phi) is 3.18. The molecular formula is C11H18N2. The maximum Gasteiger partial charge on any atom is 0.0935 e. The van der Waals surface area contributed by atoms with Gasteiger partial charge < -0.3 is 10.6 Å². The van der Waals surface area contributed by atoms with Gasteiger partial charge in [-0.15, -0.1) is 0 Å². The summed E-state index contributed by atoms with van der Waals surface area (Å²) in [6.45, 7) is 8.23. The van der Waals surface area contributed by atoms with Crippen molar-refractivity contribution in [2.24, 2.45) is 0 Å². The van der Waals surface area contributed by atoms with Gasteiger partial charge >= 0.3 is 0 Å². The van der Waals surface area contributed by atoms with E-state index in [1.807, 2.05) is 13.8 Å². The zero-order valence-corrected chi connectivity index (χ0v) is 8.81. The van der Waals surface area contributed by atoms with Gasteiger partial charge in [-0.05, 0) is 25.5 Å². The minimum Gasteiger partial charge on any atom is -0.364 e. The molecule has 2 rings (SSSR count). The van der Waals surface area contributed by atoms with Gasteiger partial charge in [0.2, 0.25) is 0 Å². The van der Waals surface area contributed by atoms with Crippen LogP contribution in [0.3, 0.4) is 0 Å². The molecule has 0 saturated carbocycles. The molecule has 1 aliphatic rings. The van der Waals surface area contributed by atoms with E-state index in [1.165, 1.54) is 16.9 Å². The number of nitrogens with one attached hydrogen (secondary N) is 2. The molecule has 1 aromatic carbocycles. The first kappa shape index (κ1) is 9.90. The maximum atomic E-state index is 3.35. The fourth-order valence-corrected chi connectivity index (χ4v) is 1.47. The van der Waals surface area contributed by atoms with Crippen LogP contribution in [-0.4, -0.2) is 6.17 Å². The predicted molar refractivity (Wildman–Crippen MR) is 59.2 cm³/mol. The van der Waals surface area contributed by atoms with E-state index in [9.17, 15) is 0 Å². The summed E-state index contributed by atoms with van der Waals surface area (Å²) >= 11 is 0. The lowest BCUT2D eigenvalue weighted by Crippen LogP contribution is -2.16. The van der Waals surface area contributed by atoms with Gasteiger partial charge in [0.25, 0.3) is 0 Å². The van der Waals surface area contributed by atoms with Crippen LogP contribution in [-0.2, 0) is 0 Å². The summed E-state index contributed by atoms with van der Waals surface area (Å²) in [5, 5.41) is 6.68. The summed E-state index contributed by atoms with van der Waals surface area (Å²) in [7, 11) is 0. The molecule has 1 heterocycles. The quantitative estimate of drug-likeness (QED) is 0.637. The van der Waals surface area contributed by atoms with Gasteiger partial charge in [-0.3, -0.25) is 0 Å². The van der Waals surface area contributed by atoms with E-state index in [1.54, 1.807) is 0 Å². The van der Waals surface area contributed by atoms with E-state index in [4.69, 9.17) is 0 Å². The molecule has 1 aromatic rings. The highest BCUT2D eigenvalue weighted by Crippen LogP contribution is 2.31. The number of rotatable bonds is 0. The number of aryl methyl sites for hydroxylation is 1. The first-order valence-corrected chi connectivity index (χ1v) is 4.90. The second-order valence-electron chi connectivity index (χ2n) is 3.01. The van der Waals surface area contributed by atoms with Crippen molar-refractivity contribution in [2.45, 2.75) is 33.9 Å². The number of hydrogen-bond acceptors (Lipinski definition) is 2. The standard InChI is InChI=1S/C9H12N2.C2H6/c1-6-4-3-5-8-9(6)11-7(2)10-8;1-2/h3-5,7,10-11H,1-2H3;1-2H3. The molecular weight excluding hydrogens is 160 g/mol. The number of benzene rings is 1. The summed E-state index contributed by atoms with van der Waals surface area (Å²) in [4.78, 5) is 0. The normalized spacial score (nSPS) is 17.7. The molecule has 0 bridgehead atoms. The minimum absolute atomic E-state index is 0.367. The summed E-state index contributed by atoms with van der Waals surface area (Å²) in [5.74, 6) is 0. The molecule has 1 unspecified atom stereocenters. The molecule has 0 spiro atoms. The highest BCUT2D eigenvalue weighted by Gasteiger charge is 2.15. The van der Waals surface area contributed by atoms with E-state index in [0.717, 1.165) is 0 Å². The molecule has 0 aromatic heterocycles. The van der Waals surface area contributed by atoms with Crippen molar-refractivity contribution in [3.63, 3.8) is 0 Å². The van der Waals surface area contributed by atoms with Crippen LogP contribution in [0.25, 0.3) is 0 Å². The SMILES string of the molecule is CC.Cc1cccc2c1NC(C)N2. The summed E-state index contributed by atoms with van der Waals surface area (Å²) in [6.07, 6.45) is 0.367. The lowest BCUT2D eigenvalue weighted by molar-refractivity contribution is 0.955. The van der Waals surface area contributed by atoms with Gasteiger partial charge in [0.1, 0.15) is 0 Å². The van der Waals surface area contributed by atoms with Gasteiger partial charge in [0, 0.05) is 0 Å². The average molecular weight is 178 g/mol. The Morgan fingerprint density at radius 3 is 2.46 bits per heavy atom. The van der Waals surface area contributed by atoms with Gasteiger partial charge in [-0.2, -0.15) is 0 Å². The van der Waals surface area contributed by atoms with Crippen LogP contribution in [0.15, 0.2) is 18.2 Å². The summed E-state index contributed by atoms with van der Waals surface area (Å²) in [6, 6.07) is 6.28. The Bertz CT molecular complexity index is 281. The Morgan fingerprint density at radius 1 is 1.15 bits per heavy atom. The smallest absolute Gasteiger partial charge is 0.0935 e. The first-order chi connectivity index (χ1) is 6.27. The second kappa shape index (κ2) is 4.17. The van der Waals surface area contributed by atoms with Gasteiger partial charge in [-0.1, -0.05) is 26.0 Å². The molecule has 72 valence electrons. The third-order valence-electron chi connectivity index (χ3n) is 2.01. The largest absolute Gasteiger partial charge is 0.364 e. The molecule has 0 amide bonds. The Labute approximate surface area is 80.4 Å². The topological polar surface area (TPSA) is 24.1 Å². The lowest BCUT2D eigenvalue weighted by atomic mass is 10.2. The van der Waals surface area contributed by atoms with E-state index in [-0.39, 0.29) is 0 Å². The number of anilines is 2. The zero-order valence-electron chi connectivity index (χ0n) is 8.81. The van der Waals surface area contributed by atoms with Crippen LogP contribution < -0.4 is 10.6 Å². The molecule has 13 heavy (non-hydrogen) atoms. The van der Waals surface area contributed by atoms with Gasteiger partial charge in [0.05, 0.1) is 17.5 Å². The maximum absolute atomic E-state index is 3.35. The van der Waals surface area contributed by atoms with Crippen LogP contribution in [0, 0.1) is 6.92 Å². The lowest BCUT2D eigenvalue weighted by Gasteiger charge is -2.03. The summed E-state index contributed by atoms with van der Waals surface area (Å²) < 4.78 is 0. The predicted octanol–water partition coefficient (Wildman–Crippen LogP) is 3.20. The van der Waals surface area contributed by atoms with Crippen molar-refractivity contribution < 1.29 is 0 Å². The van der Waals surface area contributed by atoms with Crippen LogP contribution in [0.4, 0.5) is 11.4 Å². The van der Waals surface area contributed by atoms with Crippen molar-refractivity contribution in [1.29, 1.82) is 0 Å². The highest BCUT2D eigenvalue weighted by atomic mass is 15.2. The van der Waals surface area contributed by atoms with Crippen LogP contribution >= 0.6 is 0 Å². The molecule has 0 radical (unpaired) electrons. The molecule has 2 nitrogen and oxygen atoms in total. The molecule has 1 aliphatic heterocycles. The first-order valence-electron chi connectivity index (χ1n) is 4.90. The minimum atomic E-state index is 0.367. The van der Waals surface area contributed by atoms with E-state index >= 15 is 0 Å². The number of fused-ring (bicyclic) bond motifs is 1. The fourth-order valence-electron chi connectivity index (χ4n) is 1.47. The van der Waals surface area contributed by atoms with Crippen molar-refractivity contribution >= 4 is 11.4 Å². The van der Waals surface area contributed by atoms with Gasteiger partial charge in [0.15, 0.2) is 0 Å². The van der Waals surface area contributed by atoms with E-state index in [0.29, 0.717) is 6.17 Å². The number of hydrogen-bond donors (Lipinski definition) is 2. The monoisotopic (exact) mass is 178 g/mol. The van der Waals surface area contributed by atoms with Crippen molar-refractivity contribution in [3.05, 3.63) is 23.8 Å². The molecule has 0 saturated heterocycles. The molecule has 2 N–H and O–H groups in total.